The van der Waals surface area contributed by atoms with Gasteiger partial charge in [0.2, 0.25) is 5.91 Å². The molecule has 11 heteroatoms. The minimum absolute atomic E-state index is 0.0407. The molecule has 1 unspecified atom stereocenters. The second-order valence-corrected chi connectivity index (χ2v) is 16.2. The molecule has 302 valence electrons. The summed E-state index contributed by atoms with van der Waals surface area (Å²) in [7, 11) is 0. The van der Waals surface area contributed by atoms with E-state index >= 15 is 0 Å². The maximum atomic E-state index is 14.6. The van der Waals surface area contributed by atoms with E-state index < -0.39 is 35.7 Å². The molecule has 4 amide bonds. The third kappa shape index (κ3) is 10.9. The van der Waals surface area contributed by atoms with Crippen molar-refractivity contribution < 1.29 is 24.6 Å². The number of pyridine rings is 2. The van der Waals surface area contributed by atoms with Gasteiger partial charge in [0.05, 0.1) is 30.1 Å². The van der Waals surface area contributed by atoms with Crippen LogP contribution in [0.2, 0.25) is 0 Å². The minimum Gasteiger partial charge on any atom is -0.465 e. The number of aryl methyl sites for hydroxylation is 1. The van der Waals surface area contributed by atoms with Crippen LogP contribution in [0.1, 0.15) is 55.3 Å². The van der Waals surface area contributed by atoms with Gasteiger partial charge in [0.25, 0.3) is 0 Å². The number of rotatable bonds is 16. The fourth-order valence-electron chi connectivity index (χ4n) is 7.80. The fourth-order valence-corrected chi connectivity index (χ4v) is 7.80. The molecule has 1 aliphatic rings. The highest BCUT2D eigenvalue weighted by atomic mass is 16.4. The molecular formula is C47H54N6O5. The lowest BCUT2D eigenvalue weighted by Gasteiger charge is -2.38. The van der Waals surface area contributed by atoms with Gasteiger partial charge in [-0.1, -0.05) is 118 Å². The number of hydrogen-bond acceptors (Lipinski definition) is 6. The zero-order valence-electron chi connectivity index (χ0n) is 33.7. The summed E-state index contributed by atoms with van der Waals surface area (Å²) >= 11 is 0. The summed E-state index contributed by atoms with van der Waals surface area (Å²) in [5.41, 5.74) is 5.36. The average Bonchev–Trinajstić information content (AvgIpc) is 3.55. The Morgan fingerprint density at radius 1 is 0.810 bits per heavy atom. The van der Waals surface area contributed by atoms with Crippen molar-refractivity contribution in [2.75, 3.05) is 13.1 Å². The van der Waals surface area contributed by atoms with Crippen molar-refractivity contribution in [3.05, 3.63) is 156 Å². The third-order valence-electron chi connectivity index (χ3n) is 10.7. The molecule has 11 nitrogen and oxygen atoms in total. The smallest absolute Gasteiger partial charge is 0.407 e. The van der Waals surface area contributed by atoms with Crippen LogP contribution in [0, 0.1) is 12.3 Å². The molecule has 3 aromatic carbocycles. The number of urea groups is 1. The maximum Gasteiger partial charge on any atom is 0.407 e. The number of carbonyl (C=O) groups excluding carboxylic acids is 2. The Labute approximate surface area is 341 Å². The van der Waals surface area contributed by atoms with Gasteiger partial charge in [-0.25, -0.2) is 9.59 Å². The number of carboxylic acid groups (broad SMARTS) is 1. The van der Waals surface area contributed by atoms with Crippen molar-refractivity contribution in [3.63, 3.8) is 0 Å². The van der Waals surface area contributed by atoms with Gasteiger partial charge in [0.1, 0.15) is 6.04 Å². The zero-order valence-corrected chi connectivity index (χ0v) is 33.7. The fraction of sp³-hybridized carbons (Fsp3) is 0.340. The zero-order chi connectivity index (χ0) is 41.2. The van der Waals surface area contributed by atoms with E-state index in [-0.39, 0.29) is 24.9 Å². The number of hydrogen-bond donors (Lipinski definition) is 3. The summed E-state index contributed by atoms with van der Waals surface area (Å²) < 4.78 is 0. The van der Waals surface area contributed by atoms with E-state index in [9.17, 15) is 24.6 Å². The topological polar surface area (TPSA) is 139 Å². The van der Waals surface area contributed by atoms with Gasteiger partial charge in [-0.15, -0.1) is 0 Å². The Bertz CT molecular complexity index is 2110. The van der Waals surface area contributed by atoms with Crippen LogP contribution < -0.4 is 5.32 Å². The van der Waals surface area contributed by atoms with Crippen LogP contribution in [0.15, 0.2) is 128 Å². The Morgan fingerprint density at radius 2 is 1.47 bits per heavy atom. The van der Waals surface area contributed by atoms with Crippen molar-refractivity contribution in [2.24, 2.45) is 5.41 Å². The highest BCUT2D eigenvalue weighted by Crippen LogP contribution is 2.30. The van der Waals surface area contributed by atoms with Crippen LogP contribution in [0.4, 0.5) is 9.59 Å². The SMILES string of the molecule is Cc1cccc(CN2CCN([C@H](C(=O)N[C@@H](Cc3ccccc3)[C@@H](O)CC(Cc3ccc(-c4ccccn4)cc3)N(Cc3ccccc3)C(=O)O)C(C)(C)C)C2=O)n1. The number of nitrogens with one attached hydrogen (secondary N) is 1. The molecule has 0 aliphatic carbocycles. The normalized spacial score (nSPS) is 15.1. The molecule has 1 saturated heterocycles. The van der Waals surface area contributed by atoms with Gasteiger partial charge < -0.3 is 30.2 Å². The number of amides is 4. The lowest BCUT2D eigenvalue weighted by molar-refractivity contribution is -0.130. The first-order valence-corrected chi connectivity index (χ1v) is 19.9. The van der Waals surface area contributed by atoms with Gasteiger partial charge in [-0.05, 0) is 72.6 Å². The van der Waals surface area contributed by atoms with E-state index in [1.807, 2.05) is 149 Å². The van der Waals surface area contributed by atoms with Gasteiger partial charge in [-0.2, -0.15) is 0 Å². The number of aliphatic hydroxyl groups is 1. The maximum absolute atomic E-state index is 14.6. The number of carbonyl (C=O) groups is 3. The Hall–Kier alpha value is -6.07. The highest BCUT2D eigenvalue weighted by Gasteiger charge is 2.44. The van der Waals surface area contributed by atoms with Crippen molar-refractivity contribution in [2.45, 2.75) is 84.3 Å². The summed E-state index contributed by atoms with van der Waals surface area (Å²) in [6, 6.07) is 35.8. The van der Waals surface area contributed by atoms with Crippen molar-refractivity contribution in [1.82, 2.24) is 30.0 Å². The van der Waals surface area contributed by atoms with E-state index in [2.05, 4.69) is 15.3 Å². The van der Waals surface area contributed by atoms with Crippen molar-refractivity contribution in [3.8, 4) is 11.3 Å². The molecule has 3 heterocycles. The van der Waals surface area contributed by atoms with E-state index in [1.165, 1.54) is 4.90 Å². The molecule has 0 saturated carbocycles. The molecular weight excluding hydrogens is 729 g/mol. The Balaban J connectivity index is 1.27. The summed E-state index contributed by atoms with van der Waals surface area (Å²) in [5, 5.41) is 26.1. The van der Waals surface area contributed by atoms with Crippen LogP contribution >= 0.6 is 0 Å². The van der Waals surface area contributed by atoms with E-state index in [4.69, 9.17) is 0 Å². The Kier molecular flexibility index (Phi) is 13.6. The van der Waals surface area contributed by atoms with Gasteiger partial charge in [-0.3, -0.25) is 14.8 Å². The third-order valence-corrected chi connectivity index (χ3v) is 10.7. The lowest BCUT2D eigenvalue weighted by atomic mass is 9.84. The van der Waals surface area contributed by atoms with Crippen LogP contribution in [-0.2, 0) is 30.7 Å². The van der Waals surface area contributed by atoms with E-state index in [1.54, 1.807) is 16.0 Å². The molecule has 0 bridgehead atoms. The molecule has 1 aliphatic heterocycles. The standard InChI is InChI=1S/C47H54N6O5/c1-33-14-13-19-38(49-33)32-51-26-27-52(45(51)56)43(47(2,3)4)44(55)50-41(29-34-15-7-5-8-16-34)42(54)30-39(53(46(57)58)31-36-17-9-6-10-18-36)28-35-21-23-37(24-22-35)40-20-11-12-25-48-40/h5-25,39,41-43,54H,26-32H2,1-4H3,(H,50,55)(H,57,58)/t39?,41-,42-,43+/m0/s1. The number of aliphatic hydroxyl groups excluding tert-OH is 1. The molecule has 1 fully saturated rings. The van der Waals surface area contributed by atoms with Gasteiger partial charge >= 0.3 is 12.1 Å². The number of nitrogens with zero attached hydrogens (tertiary/aromatic N) is 5. The average molecular weight is 783 g/mol. The Morgan fingerprint density at radius 3 is 2.09 bits per heavy atom. The first-order valence-electron chi connectivity index (χ1n) is 19.9. The monoisotopic (exact) mass is 782 g/mol. The minimum atomic E-state index is -1.15. The first-order chi connectivity index (χ1) is 27.9. The van der Waals surface area contributed by atoms with Crippen LogP contribution in [-0.4, -0.2) is 90.2 Å². The summed E-state index contributed by atoms with van der Waals surface area (Å²) in [4.78, 5) is 55.3. The molecule has 0 radical (unpaired) electrons. The number of benzene rings is 3. The molecule has 2 aromatic heterocycles. The number of aromatic nitrogens is 2. The molecule has 4 atom stereocenters. The highest BCUT2D eigenvalue weighted by molar-refractivity contribution is 5.89. The predicted molar refractivity (Wildman–Crippen MR) is 225 cm³/mol. The largest absolute Gasteiger partial charge is 0.465 e. The molecule has 0 spiro atoms. The summed E-state index contributed by atoms with van der Waals surface area (Å²) in [6.45, 7) is 8.97. The van der Waals surface area contributed by atoms with Crippen LogP contribution in [0.25, 0.3) is 11.3 Å². The van der Waals surface area contributed by atoms with E-state index in [0.29, 0.717) is 32.5 Å². The molecule has 5 aromatic rings. The first kappa shape index (κ1) is 41.6. The van der Waals surface area contributed by atoms with Crippen LogP contribution in [0.3, 0.4) is 0 Å². The molecule has 58 heavy (non-hydrogen) atoms. The summed E-state index contributed by atoms with van der Waals surface area (Å²) in [6.07, 6.45) is 0.133. The van der Waals surface area contributed by atoms with Crippen molar-refractivity contribution in [1.29, 1.82) is 0 Å². The predicted octanol–water partition coefficient (Wildman–Crippen LogP) is 7.37. The quantitative estimate of drug-likeness (QED) is 0.0950. The lowest BCUT2D eigenvalue weighted by Crippen LogP contribution is -2.58. The summed E-state index contributed by atoms with van der Waals surface area (Å²) in [5.74, 6) is -0.377. The van der Waals surface area contributed by atoms with Gasteiger partial charge in [0, 0.05) is 43.1 Å². The molecule has 6 rings (SSSR count). The molecule has 3 N–H and O–H groups in total. The van der Waals surface area contributed by atoms with Gasteiger partial charge in [0.15, 0.2) is 0 Å². The van der Waals surface area contributed by atoms with E-state index in [0.717, 1.165) is 39.3 Å². The second kappa shape index (κ2) is 18.9. The van der Waals surface area contributed by atoms with Crippen molar-refractivity contribution >= 4 is 18.0 Å². The second-order valence-electron chi connectivity index (χ2n) is 16.2. The van der Waals surface area contributed by atoms with Crippen LogP contribution in [0.5, 0.6) is 0 Å².